The van der Waals surface area contributed by atoms with Gasteiger partial charge in [0.25, 0.3) is 0 Å². The van der Waals surface area contributed by atoms with Gasteiger partial charge in [0, 0.05) is 6.08 Å². The first-order chi connectivity index (χ1) is 16.0. The second-order valence-corrected chi connectivity index (χ2v) is 9.32. The molecule has 7 heteroatoms. The number of benzene rings is 2. The first-order valence-corrected chi connectivity index (χ1v) is 12.6. The molecule has 0 bridgehead atoms. The van der Waals surface area contributed by atoms with Crippen LogP contribution in [0.2, 0.25) is 0 Å². The van der Waals surface area contributed by atoms with Crippen LogP contribution in [-0.4, -0.2) is 16.1 Å². The summed E-state index contributed by atoms with van der Waals surface area (Å²) in [5.74, 6) is -0.321. The minimum atomic E-state index is -3.94. The van der Waals surface area contributed by atoms with Crippen LogP contribution < -0.4 is 14.5 Å². The molecule has 0 spiro atoms. The molecule has 3 rings (SSSR count). The zero-order chi connectivity index (χ0) is 23.5. The second-order valence-electron chi connectivity index (χ2n) is 7.50. The summed E-state index contributed by atoms with van der Waals surface area (Å²) >= 11 is 0. The zero-order valence-corrected chi connectivity index (χ0v) is 19.5. The highest BCUT2D eigenvalue weighted by molar-refractivity contribution is 7.62. The molecular weight excluding hydrogens is 437 g/mol. The molecule has 0 saturated heterocycles. The van der Waals surface area contributed by atoms with E-state index >= 15 is 0 Å². The number of para-hydroxylation sites is 2. The summed E-state index contributed by atoms with van der Waals surface area (Å²) in [5, 5.41) is 9.11. The number of aryl methyl sites for hydroxylation is 1. The third kappa shape index (κ3) is 7.33. The molecule has 1 N–H and O–H groups in total. The van der Waals surface area contributed by atoms with Crippen LogP contribution in [0.15, 0.2) is 78.9 Å². The van der Waals surface area contributed by atoms with Crippen molar-refractivity contribution < 1.29 is 23.5 Å². The number of nitrogens with zero attached hydrogens (tertiary/aromatic N) is 1. The number of pyridine rings is 1. The average molecular weight is 465 g/mol. The summed E-state index contributed by atoms with van der Waals surface area (Å²) in [6.07, 6.45) is 7.50. The number of aliphatic carboxylic acids is 1. The van der Waals surface area contributed by atoms with Crippen LogP contribution >= 0.6 is 7.60 Å². The van der Waals surface area contributed by atoms with E-state index in [2.05, 4.69) is 11.9 Å². The molecule has 1 aromatic heterocycles. The third-order valence-electron chi connectivity index (χ3n) is 4.90. The molecule has 0 unspecified atom stereocenters. The van der Waals surface area contributed by atoms with E-state index < -0.39 is 13.6 Å². The highest BCUT2D eigenvalue weighted by Gasteiger charge is 2.34. The summed E-state index contributed by atoms with van der Waals surface area (Å²) < 4.78 is 25.7. The molecule has 0 amide bonds. The van der Waals surface area contributed by atoms with Gasteiger partial charge in [0.15, 0.2) is 5.44 Å². The fourth-order valence-corrected chi connectivity index (χ4v) is 4.76. The minimum Gasteiger partial charge on any atom is -0.478 e. The van der Waals surface area contributed by atoms with Crippen LogP contribution in [0, 0.1) is 0 Å². The maximum absolute atomic E-state index is 14.0. The molecule has 0 aliphatic heterocycles. The van der Waals surface area contributed by atoms with Crippen molar-refractivity contribution in [3.8, 4) is 11.5 Å². The van der Waals surface area contributed by atoms with Crippen molar-refractivity contribution in [2.24, 2.45) is 0 Å². The molecule has 33 heavy (non-hydrogen) atoms. The smallest absolute Gasteiger partial charge is 0.478 e. The Kier molecular flexibility index (Phi) is 8.85. The number of hydrogen-bond acceptors (Lipinski definition) is 5. The number of hydrogen-bond donors (Lipinski definition) is 1. The maximum atomic E-state index is 14.0. The van der Waals surface area contributed by atoms with Gasteiger partial charge in [-0.3, -0.25) is 0 Å². The molecule has 0 atom stereocenters. The lowest BCUT2D eigenvalue weighted by Crippen LogP contribution is -2.19. The fourth-order valence-electron chi connectivity index (χ4n) is 3.25. The SMILES string of the molecule is CCCCCCc1ccc(P(=O)(Oc2ccccc2)Oc2ccccc2)nc1C=CC(=O)O. The molecule has 2 aromatic carbocycles. The number of aromatic nitrogens is 1. The number of carboxylic acids is 1. The van der Waals surface area contributed by atoms with Gasteiger partial charge in [0.2, 0.25) is 0 Å². The van der Waals surface area contributed by atoms with Gasteiger partial charge in [-0.05, 0) is 54.8 Å². The Morgan fingerprint density at radius 3 is 2.06 bits per heavy atom. The lowest BCUT2D eigenvalue weighted by Gasteiger charge is -2.20. The topological polar surface area (TPSA) is 85.7 Å². The standard InChI is InChI=1S/C26H28NO5P/c1-2-3-4-7-12-21-17-19-25(27-24(21)18-20-26(28)29)33(30,31-22-13-8-5-9-14-22)32-23-15-10-6-11-16-23/h5-6,8-11,13-20H,2-4,7,12H2,1H3,(H,28,29). The molecule has 6 nitrogen and oxygen atoms in total. The maximum Gasteiger partial charge on any atom is 0.481 e. The van der Waals surface area contributed by atoms with Gasteiger partial charge in [0.1, 0.15) is 11.5 Å². The third-order valence-corrected chi connectivity index (χ3v) is 6.61. The van der Waals surface area contributed by atoms with Crippen molar-refractivity contribution in [1.29, 1.82) is 0 Å². The predicted molar refractivity (Wildman–Crippen MR) is 130 cm³/mol. The Hall–Kier alpha value is -3.37. The van der Waals surface area contributed by atoms with Crippen LogP contribution in [0.1, 0.15) is 43.9 Å². The Balaban J connectivity index is 1.99. The van der Waals surface area contributed by atoms with Crippen molar-refractivity contribution in [1.82, 2.24) is 4.98 Å². The van der Waals surface area contributed by atoms with Gasteiger partial charge in [-0.25, -0.2) is 14.3 Å². The van der Waals surface area contributed by atoms with E-state index in [0.717, 1.165) is 43.7 Å². The Morgan fingerprint density at radius 2 is 1.52 bits per heavy atom. The first-order valence-electron chi connectivity index (χ1n) is 11.0. The first kappa shape index (κ1) is 24.3. The number of carbonyl (C=O) groups is 1. The van der Waals surface area contributed by atoms with Gasteiger partial charge in [-0.2, -0.15) is 0 Å². The van der Waals surface area contributed by atoms with Gasteiger partial charge < -0.3 is 14.2 Å². The van der Waals surface area contributed by atoms with Crippen molar-refractivity contribution >= 4 is 25.1 Å². The Bertz CT molecular complexity index is 1070. The molecule has 0 aliphatic carbocycles. The number of rotatable bonds is 12. The van der Waals surface area contributed by atoms with E-state index in [1.165, 1.54) is 6.08 Å². The van der Waals surface area contributed by atoms with Gasteiger partial charge in [-0.15, -0.1) is 0 Å². The predicted octanol–water partition coefficient (Wildman–Crippen LogP) is 6.28. The van der Waals surface area contributed by atoms with Crippen molar-refractivity contribution in [2.75, 3.05) is 0 Å². The molecule has 3 aromatic rings. The average Bonchev–Trinajstić information content (AvgIpc) is 2.82. The molecule has 1 heterocycles. The highest BCUT2D eigenvalue weighted by Crippen LogP contribution is 2.47. The van der Waals surface area contributed by atoms with Crippen LogP contribution in [0.25, 0.3) is 6.08 Å². The molecular formula is C26H28NO5P. The number of carboxylic acid groups (broad SMARTS) is 1. The molecule has 0 fully saturated rings. The van der Waals surface area contributed by atoms with Crippen molar-refractivity contribution in [3.63, 3.8) is 0 Å². The van der Waals surface area contributed by atoms with Crippen LogP contribution in [-0.2, 0) is 15.8 Å². The Morgan fingerprint density at radius 1 is 0.909 bits per heavy atom. The van der Waals surface area contributed by atoms with E-state index in [-0.39, 0.29) is 5.44 Å². The quantitative estimate of drug-likeness (QED) is 0.193. The van der Waals surface area contributed by atoms with Gasteiger partial charge >= 0.3 is 13.6 Å². The van der Waals surface area contributed by atoms with E-state index in [1.807, 2.05) is 18.2 Å². The van der Waals surface area contributed by atoms with E-state index in [9.17, 15) is 9.36 Å². The normalized spacial score (nSPS) is 11.4. The fraction of sp³-hybridized carbons (Fsp3) is 0.231. The zero-order valence-electron chi connectivity index (χ0n) is 18.6. The van der Waals surface area contributed by atoms with Crippen LogP contribution in [0.3, 0.4) is 0 Å². The summed E-state index contributed by atoms with van der Waals surface area (Å²) in [6.45, 7) is 2.15. The van der Waals surface area contributed by atoms with E-state index in [0.29, 0.717) is 17.2 Å². The largest absolute Gasteiger partial charge is 0.481 e. The summed E-state index contributed by atoms with van der Waals surface area (Å²) in [4.78, 5) is 15.7. The van der Waals surface area contributed by atoms with Gasteiger partial charge in [-0.1, -0.05) is 68.7 Å². The molecule has 0 radical (unpaired) electrons. The highest BCUT2D eigenvalue weighted by atomic mass is 31.2. The lowest BCUT2D eigenvalue weighted by atomic mass is 10.0. The second kappa shape index (κ2) is 12.0. The lowest BCUT2D eigenvalue weighted by molar-refractivity contribution is -0.131. The summed E-state index contributed by atoms with van der Waals surface area (Å²) in [5.41, 5.74) is 1.44. The van der Waals surface area contributed by atoms with Crippen molar-refractivity contribution in [3.05, 3.63) is 90.1 Å². The van der Waals surface area contributed by atoms with E-state index in [1.54, 1.807) is 54.6 Å². The minimum absolute atomic E-state index is 0.109. The van der Waals surface area contributed by atoms with Crippen LogP contribution in [0.4, 0.5) is 0 Å². The molecule has 172 valence electrons. The molecule has 0 aliphatic rings. The van der Waals surface area contributed by atoms with E-state index in [4.69, 9.17) is 14.2 Å². The monoisotopic (exact) mass is 465 g/mol. The summed E-state index contributed by atoms with van der Waals surface area (Å²) in [7, 11) is -3.94. The van der Waals surface area contributed by atoms with Gasteiger partial charge in [0.05, 0.1) is 5.69 Å². The Labute approximate surface area is 194 Å². The van der Waals surface area contributed by atoms with Crippen molar-refractivity contribution in [2.45, 2.75) is 39.0 Å². The summed E-state index contributed by atoms with van der Waals surface area (Å²) in [6, 6.07) is 21.0. The number of unbranched alkanes of at least 4 members (excludes halogenated alkanes) is 3. The molecule has 0 saturated carbocycles. The van der Waals surface area contributed by atoms with Crippen LogP contribution in [0.5, 0.6) is 11.5 Å².